The third kappa shape index (κ3) is 3.17. The first-order chi connectivity index (χ1) is 12.6. The molecule has 128 valence electrons. The van der Waals surface area contributed by atoms with E-state index in [0.29, 0.717) is 17.1 Å². The predicted octanol–water partition coefficient (Wildman–Crippen LogP) is 5.10. The van der Waals surface area contributed by atoms with Gasteiger partial charge in [-0.15, -0.1) is 0 Å². The molecule has 0 radical (unpaired) electrons. The zero-order valence-corrected chi connectivity index (χ0v) is 14.6. The zero-order valence-electron chi connectivity index (χ0n) is 13.9. The Morgan fingerprint density at radius 1 is 1.12 bits per heavy atom. The number of pyridine rings is 1. The zero-order chi connectivity index (χ0) is 18.1. The minimum absolute atomic E-state index is 0.162. The Morgan fingerprint density at radius 2 is 2.00 bits per heavy atom. The van der Waals surface area contributed by atoms with E-state index in [4.69, 9.17) is 16.0 Å². The second kappa shape index (κ2) is 6.61. The molecule has 0 spiro atoms. The standard InChI is InChI=1S/C20H14ClN3O2/c1-12-7-8-17-16(10-12)24-20(26-17)13-4-2-5-14(11-13)23-19(25)15-6-3-9-22-18(15)21/h2-11H,1H3,(H,23,25). The Labute approximate surface area is 154 Å². The van der Waals surface area contributed by atoms with Crippen molar-refractivity contribution in [1.82, 2.24) is 9.97 Å². The van der Waals surface area contributed by atoms with Gasteiger partial charge in [-0.05, 0) is 55.0 Å². The molecule has 0 aliphatic heterocycles. The molecule has 1 amide bonds. The van der Waals surface area contributed by atoms with Gasteiger partial charge in [-0.25, -0.2) is 9.97 Å². The lowest BCUT2D eigenvalue weighted by molar-refractivity contribution is 0.102. The number of fused-ring (bicyclic) bond motifs is 1. The molecule has 0 saturated heterocycles. The van der Waals surface area contributed by atoms with E-state index >= 15 is 0 Å². The number of halogens is 1. The smallest absolute Gasteiger partial charge is 0.258 e. The minimum Gasteiger partial charge on any atom is -0.436 e. The number of benzene rings is 2. The summed E-state index contributed by atoms with van der Waals surface area (Å²) in [5, 5.41) is 2.98. The molecule has 0 bridgehead atoms. The molecule has 0 aliphatic carbocycles. The van der Waals surface area contributed by atoms with Crippen LogP contribution in [0.5, 0.6) is 0 Å². The lowest BCUT2D eigenvalue weighted by Gasteiger charge is -2.07. The van der Waals surface area contributed by atoms with Crippen molar-refractivity contribution in [3.8, 4) is 11.5 Å². The van der Waals surface area contributed by atoms with E-state index < -0.39 is 0 Å². The number of aryl methyl sites for hydroxylation is 1. The van der Waals surface area contributed by atoms with E-state index in [9.17, 15) is 4.79 Å². The lowest BCUT2D eigenvalue weighted by Crippen LogP contribution is -2.12. The van der Waals surface area contributed by atoms with Gasteiger partial charge in [0.25, 0.3) is 5.91 Å². The van der Waals surface area contributed by atoms with Gasteiger partial charge in [0.1, 0.15) is 10.7 Å². The number of amides is 1. The number of carbonyl (C=O) groups excluding carboxylic acids is 1. The summed E-state index contributed by atoms with van der Waals surface area (Å²) in [6.07, 6.45) is 1.54. The monoisotopic (exact) mass is 363 g/mol. The van der Waals surface area contributed by atoms with Crippen LogP contribution < -0.4 is 5.32 Å². The molecule has 4 aromatic rings. The van der Waals surface area contributed by atoms with Crippen molar-refractivity contribution in [3.05, 3.63) is 77.1 Å². The predicted molar refractivity (Wildman–Crippen MR) is 101 cm³/mol. The van der Waals surface area contributed by atoms with Crippen LogP contribution in [-0.4, -0.2) is 15.9 Å². The number of oxazole rings is 1. The van der Waals surface area contributed by atoms with E-state index in [2.05, 4.69) is 15.3 Å². The molecule has 2 aromatic heterocycles. The molecule has 4 rings (SSSR count). The number of rotatable bonds is 3. The quantitative estimate of drug-likeness (QED) is 0.514. The molecule has 0 unspecified atom stereocenters. The Kier molecular flexibility index (Phi) is 4.14. The van der Waals surface area contributed by atoms with Crippen molar-refractivity contribution in [1.29, 1.82) is 0 Å². The maximum absolute atomic E-state index is 12.4. The Hall–Kier alpha value is -3.18. The summed E-state index contributed by atoms with van der Waals surface area (Å²) >= 11 is 5.97. The van der Waals surface area contributed by atoms with Crippen molar-refractivity contribution < 1.29 is 9.21 Å². The molecule has 6 heteroatoms. The van der Waals surface area contributed by atoms with Crippen molar-refractivity contribution in [2.24, 2.45) is 0 Å². The fourth-order valence-corrected chi connectivity index (χ4v) is 2.85. The lowest BCUT2D eigenvalue weighted by atomic mass is 10.2. The van der Waals surface area contributed by atoms with Gasteiger partial charge in [0.05, 0.1) is 5.56 Å². The third-order valence-electron chi connectivity index (χ3n) is 3.91. The van der Waals surface area contributed by atoms with Crippen LogP contribution in [0.2, 0.25) is 5.15 Å². The summed E-state index contributed by atoms with van der Waals surface area (Å²) in [5.74, 6) is 0.176. The molecule has 26 heavy (non-hydrogen) atoms. The maximum Gasteiger partial charge on any atom is 0.258 e. The number of aromatic nitrogens is 2. The Morgan fingerprint density at radius 3 is 2.85 bits per heavy atom. The topological polar surface area (TPSA) is 68.0 Å². The van der Waals surface area contributed by atoms with E-state index in [1.165, 1.54) is 6.20 Å². The molecular weight excluding hydrogens is 350 g/mol. The van der Waals surface area contributed by atoms with Crippen molar-refractivity contribution in [2.75, 3.05) is 5.32 Å². The number of anilines is 1. The maximum atomic E-state index is 12.4. The molecule has 1 N–H and O–H groups in total. The third-order valence-corrected chi connectivity index (χ3v) is 4.22. The van der Waals surface area contributed by atoms with Crippen molar-refractivity contribution in [2.45, 2.75) is 6.92 Å². The molecule has 0 saturated carbocycles. The normalized spacial score (nSPS) is 10.8. The average Bonchev–Trinajstić information content (AvgIpc) is 3.05. The summed E-state index contributed by atoms with van der Waals surface area (Å²) < 4.78 is 5.82. The molecule has 0 atom stereocenters. The minimum atomic E-state index is -0.326. The van der Waals surface area contributed by atoms with Gasteiger partial charge in [-0.2, -0.15) is 0 Å². The van der Waals surface area contributed by atoms with Crippen LogP contribution in [0.15, 0.2) is 65.2 Å². The second-order valence-corrected chi connectivity index (χ2v) is 6.22. The van der Waals surface area contributed by atoms with Crippen molar-refractivity contribution in [3.63, 3.8) is 0 Å². The number of hydrogen-bond acceptors (Lipinski definition) is 4. The molecule has 0 fully saturated rings. The first-order valence-corrected chi connectivity index (χ1v) is 8.37. The molecular formula is C20H14ClN3O2. The first kappa shape index (κ1) is 16.3. The van der Waals surface area contributed by atoms with Crippen LogP contribution in [-0.2, 0) is 0 Å². The van der Waals surface area contributed by atoms with Crippen LogP contribution in [0.1, 0.15) is 15.9 Å². The fraction of sp³-hybridized carbons (Fsp3) is 0.0500. The van der Waals surface area contributed by atoms with E-state index in [0.717, 1.165) is 22.2 Å². The average molecular weight is 364 g/mol. The highest BCUT2D eigenvalue weighted by molar-refractivity contribution is 6.33. The van der Waals surface area contributed by atoms with Crippen LogP contribution in [0.4, 0.5) is 5.69 Å². The highest BCUT2D eigenvalue weighted by Gasteiger charge is 2.13. The van der Waals surface area contributed by atoms with Gasteiger partial charge in [0.15, 0.2) is 5.58 Å². The second-order valence-electron chi connectivity index (χ2n) is 5.87. The Bertz CT molecular complexity index is 1120. The van der Waals surface area contributed by atoms with E-state index in [1.807, 2.05) is 37.3 Å². The summed E-state index contributed by atoms with van der Waals surface area (Å²) in [4.78, 5) is 20.8. The van der Waals surface area contributed by atoms with Crippen LogP contribution in [0.3, 0.4) is 0 Å². The SMILES string of the molecule is Cc1ccc2oc(-c3cccc(NC(=O)c4cccnc4Cl)c3)nc2c1. The molecule has 5 nitrogen and oxygen atoms in total. The largest absolute Gasteiger partial charge is 0.436 e. The Balaban J connectivity index is 1.64. The van der Waals surface area contributed by atoms with Gasteiger partial charge < -0.3 is 9.73 Å². The number of nitrogens with one attached hydrogen (secondary N) is 1. The van der Waals surface area contributed by atoms with E-state index in [1.54, 1.807) is 24.3 Å². The number of carbonyl (C=O) groups is 1. The molecule has 0 aliphatic rings. The summed E-state index contributed by atoms with van der Waals surface area (Å²) in [5.41, 5.74) is 4.35. The van der Waals surface area contributed by atoms with Crippen LogP contribution in [0, 0.1) is 6.92 Å². The van der Waals surface area contributed by atoms with Gasteiger partial charge in [0.2, 0.25) is 5.89 Å². The molecule has 2 aromatic carbocycles. The van der Waals surface area contributed by atoms with Crippen LogP contribution in [0.25, 0.3) is 22.6 Å². The first-order valence-electron chi connectivity index (χ1n) is 8.00. The fourth-order valence-electron chi connectivity index (χ4n) is 2.64. The summed E-state index contributed by atoms with van der Waals surface area (Å²) in [7, 11) is 0. The highest BCUT2D eigenvalue weighted by Crippen LogP contribution is 2.27. The van der Waals surface area contributed by atoms with Crippen LogP contribution >= 0.6 is 11.6 Å². The number of hydrogen-bond donors (Lipinski definition) is 1. The van der Waals surface area contributed by atoms with Gasteiger partial charge in [-0.3, -0.25) is 4.79 Å². The molecule has 2 heterocycles. The van der Waals surface area contributed by atoms with Gasteiger partial charge in [0, 0.05) is 17.4 Å². The number of nitrogens with zero attached hydrogens (tertiary/aromatic N) is 2. The van der Waals surface area contributed by atoms with E-state index in [-0.39, 0.29) is 11.1 Å². The summed E-state index contributed by atoms with van der Waals surface area (Å²) in [6, 6.07) is 16.4. The highest BCUT2D eigenvalue weighted by atomic mass is 35.5. The van der Waals surface area contributed by atoms with Gasteiger partial charge in [-0.1, -0.05) is 23.7 Å². The van der Waals surface area contributed by atoms with Crippen molar-refractivity contribution >= 4 is 34.3 Å². The summed E-state index contributed by atoms with van der Waals surface area (Å²) in [6.45, 7) is 2.01. The van der Waals surface area contributed by atoms with Gasteiger partial charge >= 0.3 is 0 Å².